The Bertz CT molecular complexity index is 177. The Morgan fingerprint density at radius 1 is 1.29 bits per heavy atom. The van der Waals surface area contributed by atoms with Gasteiger partial charge in [-0.1, -0.05) is 13.8 Å². The molecule has 2 heteroatoms. The topological polar surface area (TPSA) is 15.3 Å². The van der Waals surface area contributed by atoms with Crippen molar-refractivity contribution in [2.45, 2.75) is 51.6 Å². The summed E-state index contributed by atoms with van der Waals surface area (Å²) in [5.74, 6) is 0.948. The molecule has 0 aromatic heterocycles. The molecule has 2 fully saturated rings. The largest absolute Gasteiger partial charge is 0.314 e. The van der Waals surface area contributed by atoms with E-state index in [9.17, 15) is 0 Å². The first-order valence-corrected chi connectivity index (χ1v) is 6.32. The first-order valence-electron chi connectivity index (χ1n) is 6.32. The first kappa shape index (κ1) is 10.4. The average molecular weight is 196 g/mol. The second kappa shape index (κ2) is 4.63. The van der Waals surface area contributed by atoms with Gasteiger partial charge in [0, 0.05) is 18.6 Å². The minimum absolute atomic E-state index is 0.844. The summed E-state index contributed by atoms with van der Waals surface area (Å²) < 4.78 is 0. The van der Waals surface area contributed by atoms with Gasteiger partial charge in [0.1, 0.15) is 0 Å². The molecule has 0 amide bonds. The minimum atomic E-state index is 0.844. The van der Waals surface area contributed by atoms with Crippen LogP contribution in [0.1, 0.15) is 39.5 Å². The van der Waals surface area contributed by atoms with Crippen molar-refractivity contribution in [1.82, 2.24) is 10.2 Å². The number of hydrogen-bond acceptors (Lipinski definition) is 2. The highest BCUT2D eigenvalue weighted by atomic mass is 15.2. The monoisotopic (exact) mass is 196 g/mol. The van der Waals surface area contributed by atoms with Crippen LogP contribution in [-0.2, 0) is 0 Å². The quantitative estimate of drug-likeness (QED) is 0.741. The van der Waals surface area contributed by atoms with Crippen molar-refractivity contribution >= 4 is 0 Å². The molecule has 2 aliphatic heterocycles. The van der Waals surface area contributed by atoms with E-state index in [-0.39, 0.29) is 0 Å². The summed E-state index contributed by atoms with van der Waals surface area (Å²) in [7, 11) is 0. The lowest BCUT2D eigenvalue weighted by Gasteiger charge is -2.39. The fraction of sp³-hybridized carbons (Fsp3) is 1.00. The van der Waals surface area contributed by atoms with Crippen LogP contribution in [0.2, 0.25) is 0 Å². The van der Waals surface area contributed by atoms with Crippen LogP contribution >= 0.6 is 0 Å². The molecule has 0 bridgehead atoms. The molecule has 82 valence electrons. The number of rotatable bonds is 3. The molecule has 2 atom stereocenters. The Kier molecular flexibility index (Phi) is 3.45. The van der Waals surface area contributed by atoms with E-state index < -0.39 is 0 Å². The van der Waals surface area contributed by atoms with Gasteiger partial charge in [0.25, 0.3) is 0 Å². The van der Waals surface area contributed by atoms with E-state index >= 15 is 0 Å². The third kappa shape index (κ3) is 1.96. The van der Waals surface area contributed by atoms with Crippen molar-refractivity contribution in [3.05, 3.63) is 0 Å². The number of nitrogens with one attached hydrogen (secondary N) is 1. The maximum absolute atomic E-state index is 3.63. The van der Waals surface area contributed by atoms with Crippen LogP contribution in [0.3, 0.4) is 0 Å². The summed E-state index contributed by atoms with van der Waals surface area (Å²) in [6.07, 6.45) is 5.42. The van der Waals surface area contributed by atoms with Gasteiger partial charge in [-0.3, -0.25) is 0 Å². The van der Waals surface area contributed by atoms with Crippen molar-refractivity contribution in [2.75, 3.05) is 19.6 Å². The van der Waals surface area contributed by atoms with Crippen LogP contribution in [0.15, 0.2) is 0 Å². The Morgan fingerprint density at radius 3 is 2.79 bits per heavy atom. The van der Waals surface area contributed by atoms with E-state index in [1.54, 1.807) is 0 Å². The van der Waals surface area contributed by atoms with E-state index in [0.717, 1.165) is 18.0 Å². The first-order chi connectivity index (χ1) is 6.85. The molecule has 0 saturated carbocycles. The van der Waals surface area contributed by atoms with Gasteiger partial charge in [-0.05, 0) is 44.7 Å². The van der Waals surface area contributed by atoms with Crippen molar-refractivity contribution in [3.63, 3.8) is 0 Å². The molecule has 0 spiro atoms. The molecule has 2 unspecified atom stereocenters. The van der Waals surface area contributed by atoms with Crippen LogP contribution in [0.5, 0.6) is 0 Å². The summed E-state index contributed by atoms with van der Waals surface area (Å²) in [5.41, 5.74) is 0. The van der Waals surface area contributed by atoms with Crippen molar-refractivity contribution < 1.29 is 0 Å². The fourth-order valence-electron chi connectivity index (χ4n) is 3.21. The van der Waals surface area contributed by atoms with Gasteiger partial charge in [0.2, 0.25) is 0 Å². The molecule has 0 aliphatic carbocycles. The molecule has 0 radical (unpaired) electrons. The number of fused-ring (bicyclic) bond motifs is 1. The van der Waals surface area contributed by atoms with Crippen LogP contribution in [0.25, 0.3) is 0 Å². The molecule has 1 N–H and O–H groups in total. The highest BCUT2D eigenvalue weighted by molar-refractivity contribution is 4.91. The number of piperidine rings is 1. The second-order valence-corrected chi connectivity index (χ2v) is 4.86. The van der Waals surface area contributed by atoms with Crippen LogP contribution in [-0.4, -0.2) is 36.6 Å². The van der Waals surface area contributed by atoms with E-state index in [1.807, 2.05) is 0 Å². The summed E-state index contributed by atoms with van der Waals surface area (Å²) in [5, 5.41) is 3.63. The normalized spacial score (nSPS) is 33.6. The molecular weight excluding hydrogens is 172 g/mol. The van der Waals surface area contributed by atoms with Crippen molar-refractivity contribution in [1.29, 1.82) is 0 Å². The maximum Gasteiger partial charge on any atom is 0.0120 e. The molecule has 2 rings (SSSR count). The minimum Gasteiger partial charge on any atom is -0.314 e. The maximum atomic E-state index is 3.63. The molecule has 2 heterocycles. The Hall–Kier alpha value is -0.0800. The Labute approximate surface area is 88.1 Å². The molecule has 14 heavy (non-hydrogen) atoms. The lowest BCUT2D eigenvalue weighted by atomic mass is 9.91. The zero-order valence-electron chi connectivity index (χ0n) is 9.63. The zero-order valence-corrected chi connectivity index (χ0v) is 9.63. The van der Waals surface area contributed by atoms with E-state index in [4.69, 9.17) is 0 Å². The highest BCUT2D eigenvalue weighted by Crippen LogP contribution is 2.26. The standard InChI is InChI=1S/C12H24N2/c1-3-11(4-2)14-8-6-12-10(9-14)5-7-13-12/h10-13H,3-9H2,1-2H3. The van der Waals surface area contributed by atoms with E-state index in [0.29, 0.717) is 0 Å². The van der Waals surface area contributed by atoms with Gasteiger partial charge in [0.05, 0.1) is 0 Å². The summed E-state index contributed by atoms with van der Waals surface area (Å²) in [6.45, 7) is 8.58. The molecule has 2 aliphatic rings. The summed E-state index contributed by atoms with van der Waals surface area (Å²) in [6, 6.07) is 1.69. The van der Waals surface area contributed by atoms with Gasteiger partial charge in [-0.15, -0.1) is 0 Å². The smallest absolute Gasteiger partial charge is 0.0120 e. The van der Waals surface area contributed by atoms with Gasteiger partial charge >= 0.3 is 0 Å². The molecule has 2 nitrogen and oxygen atoms in total. The average Bonchev–Trinajstić information content (AvgIpc) is 2.66. The van der Waals surface area contributed by atoms with Crippen molar-refractivity contribution in [2.24, 2.45) is 5.92 Å². The second-order valence-electron chi connectivity index (χ2n) is 4.86. The Balaban J connectivity index is 1.90. The Morgan fingerprint density at radius 2 is 2.07 bits per heavy atom. The molecule has 0 aromatic carbocycles. The number of nitrogens with zero attached hydrogens (tertiary/aromatic N) is 1. The van der Waals surface area contributed by atoms with Crippen LogP contribution < -0.4 is 5.32 Å². The third-order valence-electron chi connectivity index (χ3n) is 4.15. The fourth-order valence-corrected chi connectivity index (χ4v) is 3.21. The van der Waals surface area contributed by atoms with Gasteiger partial charge in [-0.25, -0.2) is 0 Å². The van der Waals surface area contributed by atoms with Crippen molar-refractivity contribution in [3.8, 4) is 0 Å². The predicted octanol–water partition coefficient (Wildman–Crippen LogP) is 1.86. The van der Waals surface area contributed by atoms with Crippen LogP contribution in [0.4, 0.5) is 0 Å². The predicted molar refractivity (Wildman–Crippen MR) is 60.5 cm³/mol. The lowest BCUT2D eigenvalue weighted by Crippen LogP contribution is -2.48. The van der Waals surface area contributed by atoms with Gasteiger partial charge < -0.3 is 10.2 Å². The lowest BCUT2D eigenvalue weighted by molar-refractivity contribution is 0.109. The number of likely N-dealkylation sites (tertiary alicyclic amines) is 1. The SMILES string of the molecule is CCC(CC)N1CCC2NCCC2C1. The molecular formula is C12H24N2. The summed E-state index contributed by atoms with van der Waals surface area (Å²) >= 11 is 0. The van der Waals surface area contributed by atoms with E-state index in [1.165, 1.54) is 45.3 Å². The van der Waals surface area contributed by atoms with Gasteiger partial charge in [0.15, 0.2) is 0 Å². The summed E-state index contributed by atoms with van der Waals surface area (Å²) in [4.78, 5) is 2.73. The number of hydrogen-bond donors (Lipinski definition) is 1. The molecule has 0 aromatic rings. The molecule has 2 saturated heterocycles. The highest BCUT2D eigenvalue weighted by Gasteiger charge is 2.33. The van der Waals surface area contributed by atoms with E-state index in [2.05, 4.69) is 24.1 Å². The zero-order chi connectivity index (χ0) is 9.97. The van der Waals surface area contributed by atoms with Crippen LogP contribution in [0, 0.1) is 5.92 Å². The van der Waals surface area contributed by atoms with Gasteiger partial charge in [-0.2, -0.15) is 0 Å². The third-order valence-corrected chi connectivity index (χ3v) is 4.15.